The van der Waals surface area contributed by atoms with Crippen LogP contribution in [0.4, 0.5) is 0 Å². The fourth-order valence-corrected chi connectivity index (χ4v) is 2.99. The average molecular weight is 287 g/mol. The second-order valence-electron chi connectivity index (χ2n) is 4.56. The van der Waals surface area contributed by atoms with Gasteiger partial charge >= 0.3 is 0 Å². The highest BCUT2D eigenvalue weighted by molar-refractivity contribution is 7.98. The monoisotopic (exact) mass is 287 g/mol. The molecule has 3 nitrogen and oxygen atoms in total. The van der Waals surface area contributed by atoms with Gasteiger partial charge in [0, 0.05) is 24.5 Å². The van der Waals surface area contributed by atoms with E-state index in [2.05, 4.69) is 47.7 Å². The maximum absolute atomic E-state index is 4.66. The van der Waals surface area contributed by atoms with Crippen molar-refractivity contribution < 1.29 is 0 Å². The molecule has 0 saturated heterocycles. The smallest absolute Gasteiger partial charge is 0.107 e. The van der Waals surface area contributed by atoms with Crippen LogP contribution in [0.5, 0.6) is 0 Å². The number of aromatic nitrogens is 1. The number of rotatable bonds is 9. The third kappa shape index (κ3) is 5.69. The summed E-state index contributed by atoms with van der Waals surface area (Å²) in [5.74, 6) is 1.23. The van der Waals surface area contributed by atoms with Gasteiger partial charge in [-0.25, -0.2) is 4.98 Å². The Morgan fingerprint density at radius 1 is 1.56 bits per heavy atom. The van der Waals surface area contributed by atoms with Crippen molar-refractivity contribution in [1.29, 1.82) is 0 Å². The Morgan fingerprint density at radius 2 is 2.33 bits per heavy atom. The minimum absolute atomic E-state index is 0.622. The van der Waals surface area contributed by atoms with E-state index in [1.54, 1.807) is 11.3 Å². The molecule has 1 N–H and O–H groups in total. The fourth-order valence-electron chi connectivity index (χ4n) is 1.65. The van der Waals surface area contributed by atoms with Gasteiger partial charge in [0.05, 0.1) is 5.69 Å². The molecule has 1 atom stereocenters. The Labute approximate surface area is 119 Å². The molecule has 1 aromatic rings. The lowest BCUT2D eigenvalue weighted by molar-refractivity contribution is 0.242. The molecule has 0 radical (unpaired) electrons. The lowest BCUT2D eigenvalue weighted by Gasteiger charge is -2.23. The van der Waals surface area contributed by atoms with Crippen molar-refractivity contribution in [1.82, 2.24) is 15.2 Å². The molecule has 0 aromatic carbocycles. The Bertz CT molecular complexity index is 328. The van der Waals surface area contributed by atoms with Gasteiger partial charge in [0.25, 0.3) is 0 Å². The summed E-state index contributed by atoms with van der Waals surface area (Å²) in [4.78, 5) is 7.05. The molecule has 0 amide bonds. The molecule has 0 spiro atoms. The highest BCUT2D eigenvalue weighted by Crippen LogP contribution is 2.14. The Kier molecular flexibility index (Phi) is 7.90. The van der Waals surface area contributed by atoms with E-state index in [0.29, 0.717) is 6.04 Å². The Hall–Kier alpha value is -0.100. The number of hydrogen-bond donors (Lipinski definition) is 1. The molecule has 0 bridgehead atoms. The van der Waals surface area contributed by atoms with Crippen molar-refractivity contribution in [2.24, 2.45) is 0 Å². The molecule has 1 unspecified atom stereocenters. The first-order valence-electron chi connectivity index (χ1n) is 6.50. The van der Waals surface area contributed by atoms with Crippen molar-refractivity contribution in [3.05, 3.63) is 16.1 Å². The van der Waals surface area contributed by atoms with Crippen molar-refractivity contribution >= 4 is 23.1 Å². The molecule has 1 heterocycles. The van der Waals surface area contributed by atoms with Crippen LogP contribution >= 0.6 is 23.1 Å². The number of nitrogens with zero attached hydrogens (tertiary/aromatic N) is 2. The topological polar surface area (TPSA) is 28.2 Å². The maximum Gasteiger partial charge on any atom is 0.107 e. The number of nitrogens with one attached hydrogen (secondary N) is 1. The highest BCUT2D eigenvalue weighted by atomic mass is 32.2. The van der Waals surface area contributed by atoms with Gasteiger partial charge in [-0.3, -0.25) is 4.90 Å². The van der Waals surface area contributed by atoms with Crippen LogP contribution in [-0.4, -0.2) is 41.5 Å². The summed E-state index contributed by atoms with van der Waals surface area (Å²) >= 11 is 3.68. The first-order chi connectivity index (χ1) is 8.67. The summed E-state index contributed by atoms with van der Waals surface area (Å²) in [6.07, 6.45) is 3.41. The minimum atomic E-state index is 0.622. The fraction of sp³-hybridized carbons (Fsp3) is 0.769. The first kappa shape index (κ1) is 16.0. The third-order valence-electron chi connectivity index (χ3n) is 3.03. The van der Waals surface area contributed by atoms with E-state index in [4.69, 9.17) is 0 Å². The molecular formula is C13H25N3S2. The van der Waals surface area contributed by atoms with Gasteiger partial charge in [-0.05, 0) is 38.9 Å². The summed E-state index contributed by atoms with van der Waals surface area (Å²) in [6.45, 7) is 7.27. The number of thiazole rings is 1. The van der Waals surface area contributed by atoms with E-state index in [1.165, 1.54) is 22.9 Å². The normalized spacial score (nSPS) is 13.2. The molecule has 104 valence electrons. The van der Waals surface area contributed by atoms with Gasteiger partial charge in [-0.15, -0.1) is 11.3 Å². The average Bonchev–Trinajstić information content (AvgIpc) is 2.80. The molecular weight excluding hydrogens is 262 g/mol. The number of thioether (sulfide) groups is 1. The van der Waals surface area contributed by atoms with E-state index in [-0.39, 0.29) is 0 Å². The van der Waals surface area contributed by atoms with Gasteiger partial charge in [-0.1, -0.05) is 6.92 Å². The SMILES string of the molecule is CCNCc1nc(CN(C)C(C)CCSC)cs1. The molecule has 0 aliphatic carbocycles. The van der Waals surface area contributed by atoms with Crippen LogP contribution in [0.15, 0.2) is 5.38 Å². The molecule has 5 heteroatoms. The van der Waals surface area contributed by atoms with Crippen LogP contribution in [0.2, 0.25) is 0 Å². The van der Waals surface area contributed by atoms with Crippen LogP contribution in [0.3, 0.4) is 0 Å². The molecule has 0 aliphatic rings. The molecule has 0 saturated carbocycles. The standard InChI is InChI=1S/C13H25N3S2/c1-5-14-8-13-15-12(10-18-13)9-16(3)11(2)6-7-17-4/h10-11,14H,5-9H2,1-4H3. The zero-order chi connectivity index (χ0) is 13.4. The van der Waals surface area contributed by atoms with Crippen LogP contribution in [0, 0.1) is 0 Å². The molecule has 0 aliphatic heterocycles. The Morgan fingerprint density at radius 3 is 3.00 bits per heavy atom. The first-order valence-corrected chi connectivity index (χ1v) is 8.77. The summed E-state index contributed by atoms with van der Waals surface area (Å²) in [5, 5.41) is 6.69. The van der Waals surface area contributed by atoms with E-state index < -0.39 is 0 Å². The minimum Gasteiger partial charge on any atom is -0.311 e. The molecule has 1 rings (SSSR count). The van der Waals surface area contributed by atoms with Gasteiger partial charge in [0.2, 0.25) is 0 Å². The lowest BCUT2D eigenvalue weighted by atomic mass is 10.2. The van der Waals surface area contributed by atoms with Crippen molar-refractivity contribution in [2.45, 2.75) is 39.4 Å². The predicted octanol–water partition coefficient (Wildman–Crippen LogP) is 2.83. The lowest BCUT2D eigenvalue weighted by Crippen LogP contribution is -2.29. The Balaban J connectivity index is 2.38. The van der Waals surface area contributed by atoms with Crippen molar-refractivity contribution in [2.75, 3.05) is 25.6 Å². The van der Waals surface area contributed by atoms with Crippen LogP contribution < -0.4 is 5.32 Å². The van der Waals surface area contributed by atoms with Crippen molar-refractivity contribution in [3.8, 4) is 0 Å². The van der Waals surface area contributed by atoms with Gasteiger partial charge in [0.1, 0.15) is 5.01 Å². The largest absolute Gasteiger partial charge is 0.311 e. The van der Waals surface area contributed by atoms with Gasteiger partial charge in [0.15, 0.2) is 0 Å². The zero-order valence-electron chi connectivity index (χ0n) is 11.9. The summed E-state index contributed by atoms with van der Waals surface area (Å²) in [7, 11) is 2.19. The zero-order valence-corrected chi connectivity index (χ0v) is 13.5. The highest BCUT2D eigenvalue weighted by Gasteiger charge is 2.11. The van der Waals surface area contributed by atoms with E-state index in [1.807, 2.05) is 11.8 Å². The second kappa shape index (κ2) is 8.91. The predicted molar refractivity (Wildman–Crippen MR) is 83.4 cm³/mol. The molecule has 18 heavy (non-hydrogen) atoms. The summed E-state index contributed by atoms with van der Waals surface area (Å²) in [6, 6.07) is 0.622. The van der Waals surface area contributed by atoms with E-state index >= 15 is 0 Å². The maximum atomic E-state index is 4.66. The quantitative estimate of drug-likeness (QED) is 0.756. The van der Waals surface area contributed by atoms with Crippen molar-refractivity contribution in [3.63, 3.8) is 0 Å². The van der Waals surface area contributed by atoms with Gasteiger partial charge in [-0.2, -0.15) is 11.8 Å². The van der Waals surface area contributed by atoms with E-state index in [0.717, 1.165) is 19.6 Å². The second-order valence-corrected chi connectivity index (χ2v) is 6.49. The van der Waals surface area contributed by atoms with Gasteiger partial charge < -0.3 is 5.32 Å². The third-order valence-corrected chi connectivity index (χ3v) is 4.57. The van der Waals surface area contributed by atoms with E-state index in [9.17, 15) is 0 Å². The molecule has 0 fully saturated rings. The summed E-state index contributed by atoms with van der Waals surface area (Å²) < 4.78 is 0. The number of hydrogen-bond acceptors (Lipinski definition) is 5. The summed E-state index contributed by atoms with van der Waals surface area (Å²) in [5.41, 5.74) is 1.20. The molecule has 1 aromatic heterocycles. The van der Waals surface area contributed by atoms with Crippen LogP contribution in [0.1, 0.15) is 31.0 Å². The van der Waals surface area contributed by atoms with Crippen LogP contribution in [-0.2, 0) is 13.1 Å². The van der Waals surface area contributed by atoms with Crippen LogP contribution in [0.25, 0.3) is 0 Å².